The number of nitrogens with zero attached hydrogens (tertiary/aromatic N) is 4. The summed E-state index contributed by atoms with van der Waals surface area (Å²) in [6, 6.07) is 20.2. The fourth-order valence-electron chi connectivity index (χ4n) is 8.47. The molecule has 3 aromatic carbocycles. The minimum absolute atomic E-state index is 0.0533. The number of anilines is 2. The highest BCUT2D eigenvalue weighted by Gasteiger charge is 2.32. The van der Waals surface area contributed by atoms with E-state index in [0.29, 0.717) is 37.7 Å². The minimum Gasteiger partial charge on any atom is -0.455 e. The Balaban J connectivity index is 0.998. The first-order valence-electron chi connectivity index (χ1n) is 21.1. The van der Waals surface area contributed by atoms with Crippen LogP contribution in [0.5, 0.6) is 11.5 Å². The quantitative estimate of drug-likeness (QED) is 0.0760. The average Bonchev–Trinajstić information content (AvgIpc) is 3.72. The maximum atomic E-state index is 13.9. The third kappa shape index (κ3) is 10.5. The summed E-state index contributed by atoms with van der Waals surface area (Å²) in [7, 11) is -4.60. The third-order valence-corrected chi connectivity index (χ3v) is 13.4. The SMILES string of the molecule is CC1(C)CCC(CN2CCN(c3ccc(C(=O)NS(=O)(=O)c4ccc(NC[C@H]5COCC(C)(C)O5)c([N+](=O)[O-])c4)c(Oc4cnc5[nH]ccc5c4)c3)CC2)=C(c2ccc(Cl)cc2)C1. The van der Waals surface area contributed by atoms with E-state index in [1.54, 1.807) is 24.4 Å². The molecule has 63 heavy (non-hydrogen) atoms. The molecule has 5 aromatic rings. The smallest absolute Gasteiger partial charge is 0.293 e. The van der Waals surface area contributed by atoms with Crippen LogP contribution in [0.3, 0.4) is 0 Å². The first-order chi connectivity index (χ1) is 30.0. The Morgan fingerprint density at radius 3 is 2.56 bits per heavy atom. The number of nitro groups is 1. The molecule has 0 spiro atoms. The number of fused-ring (bicyclic) bond motifs is 1. The van der Waals surface area contributed by atoms with E-state index in [-0.39, 0.29) is 35.1 Å². The summed E-state index contributed by atoms with van der Waals surface area (Å²) in [5.41, 5.74) is 4.81. The van der Waals surface area contributed by atoms with Gasteiger partial charge in [0.25, 0.3) is 21.6 Å². The number of nitrogens with one attached hydrogen (secondary N) is 3. The van der Waals surface area contributed by atoms with Gasteiger partial charge in [0.15, 0.2) is 0 Å². The summed E-state index contributed by atoms with van der Waals surface area (Å²) in [6.45, 7) is 13.3. The van der Waals surface area contributed by atoms with Crippen molar-refractivity contribution in [3.8, 4) is 11.5 Å². The van der Waals surface area contributed by atoms with Crippen molar-refractivity contribution < 1.29 is 32.3 Å². The molecule has 2 aromatic heterocycles. The lowest BCUT2D eigenvalue weighted by Gasteiger charge is -2.39. The van der Waals surface area contributed by atoms with E-state index in [1.807, 2.05) is 32.0 Å². The van der Waals surface area contributed by atoms with Gasteiger partial charge >= 0.3 is 0 Å². The molecule has 8 rings (SSSR count). The molecule has 0 saturated carbocycles. The van der Waals surface area contributed by atoms with E-state index < -0.39 is 37.0 Å². The number of hydrogen-bond donors (Lipinski definition) is 3. The highest BCUT2D eigenvalue weighted by Crippen LogP contribution is 2.43. The zero-order chi connectivity index (χ0) is 44.5. The van der Waals surface area contributed by atoms with Gasteiger partial charge in [-0.1, -0.05) is 43.2 Å². The van der Waals surface area contributed by atoms with Crippen LogP contribution in [0.15, 0.2) is 95.7 Å². The maximum absolute atomic E-state index is 13.9. The van der Waals surface area contributed by atoms with Gasteiger partial charge in [0.05, 0.1) is 46.5 Å². The number of allylic oxidation sites excluding steroid dienone is 1. The van der Waals surface area contributed by atoms with Crippen molar-refractivity contribution in [2.45, 2.75) is 63.6 Å². The van der Waals surface area contributed by atoms with Crippen molar-refractivity contribution in [1.29, 1.82) is 0 Å². The van der Waals surface area contributed by atoms with Gasteiger partial charge in [0.1, 0.15) is 22.8 Å². The molecule has 0 bridgehead atoms. The van der Waals surface area contributed by atoms with Gasteiger partial charge in [-0.25, -0.2) is 18.1 Å². The predicted octanol–water partition coefficient (Wildman–Crippen LogP) is 8.43. The van der Waals surface area contributed by atoms with Crippen LogP contribution in [0.4, 0.5) is 17.1 Å². The number of sulfonamides is 1. The van der Waals surface area contributed by atoms with Crippen LogP contribution in [0, 0.1) is 15.5 Å². The number of halogens is 1. The maximum Gasteiger partial charge on any atom is 0.293 e. The summed E-state index contributed by atoms with van der Waals surface area (Å²) >= 11 is 6.24. The van der Waals surface area contributed by atoms with Gasteiger partial charge in [-0.15, -0.1) is 0 Å². The number of carbonyl (C=O) groups is 1. The van der Waals surface area contributed by atoms with E-state index in [0.717, 1.165) is 61.1 Å². The standard InChI is InChI=1S/C46H52ClN7O8S/c1-45(2)15-13-32(39(24-45)30-5-7-33(47)8-6-30)27-52-17-19-53(20-18-52)34-9-11-38(42(22-34)61-35-21-31-14-16-48-43(31)50-25-35)44(55)51-63(58,59)37-10-12-40(41(23-37)54(56)57)49-26-36-28-60-29-46(3,4)62-36/h5-12,14,16,21-23,25,36,49H,13,15,17-20,24,26-29H2,1-4H3,(H,48,50)(H,51,55)/t36-/m0/s1. The lowest BCUT2D eigenvalue weighted by atomic mass is 9.72. The molecule has 1 atom stereocenters. The summed E-state index contributed by atoms with van der Waals surface area (Å²) in [6.07, 6.45) is 6.07. The van der Waals surface area contributed by atoms with Crippen LogP contribution in [-0.4, -0.2) is 98.3 Å². The van der Waals surface area contributed by atoms with Crippen LogP contribution < -0.4 is 19.7 Å². The van der Waals surface area contributed by atoms with Crippen molar-refractivity contribution >= 4 is 61.2 Å². The number of piperazine rings is 1. The molecule has 3 aliphatic rings. The summed E-state index contributed by atoms with van der Waals surface area (Å²) in [5, 5.41) is 16.6. The Hall–Kier alpha value is -5.52. The predicted molar refractivity (Wildman–Crippen MR) is 243 cm³/mol. The second kappa shape index (κ2) is 17.9. The molecule has 332 valence electrons. The highest BCUT2D eigenvalue weighted by atomic mass is 35.5. The van der Waals surface area contributed by atoms with Gasteiger partial charge in [-0.05, 0) is 98.2 Å². The van der Waals surface area contributed by atoms with E-state index in [4.69, 9.17) is 25.8 Å². The van der Waals surface area contributed by atoms with E-state index in [1.165, 1.54) is 41.1 Å². The number of ether oxygens (including phenoxy) is 3. The molecule has 0 unspecified atom stereocenters. The minimum atomic E-state index is -4.60. The Kier molecular flexibility index (Phi) is 12.5. The van der Waals surface area contributed by atoms with Crippen molar-refractivity contribution in [3.63, 3.8) is 0 Å². The van der Waals surface area contributed by atoms with Crippen LogP contribution in [0.2, 0.25) is 5.02 Å². The number of H-pyrrole nitrogens is 1. The Morgan fingerprint density at radius 1 is 1.03 bits per heavy atom. The molecular weight excluding hydrogens is 846 g/mol. The molecule has 2 fully saturated rings. The van der Waals surface area contributed by atoms with E-state index >= 15 is 0 Å². The molecule has 3 N–H and O–H groups in total. The second-order valence-corrected chi connectivity index (χ2v) is 19.9. The first-order valence-corrected chi connectivity index (χ1v) is 22.9. The lowest BCUT2D eigenvalue weighted by molar-refractivity contribution is -0.384. The molecule has 1 amide bonds. The highest BCUT2D eigenvalue weighted by molar-refractivity contribution is 7.90. The summed E-state index contributed by atoms with van der Waals surface area (Å²) in [5.74, 6) is -0.516. The lowest BCUT2D eigenvalue weighted by Crippen LogP contribution is -2.47. The average molecular weight is 898 g/mol. The Morgan fingerprint density at radius 2 is 1.81 bits per heavy atom. The van der Waals surface area contributed by atoms with E-state index in [9.17, 15) is 23.3 Å². The number of pyridine rings is 1. The van der Waals surface area contributed by atoms with Crippen LogP contribution in [0.1, 0.15) is 62.9 Å². The Bertz CT molecular complexity index is 2660. The van der Waals surface area contributed by atoms with Crippen LogP contribution in [0.25, 0.3) is 16.6 Å². The molecule has 15 nitrogen and oxygen atoms in total. The van der Waals surface area contributed by atoms with Crippen LogP contribution >= 0.6 is 11.6 Å². The van der Waals surface area contributed by atoms with Crippen molar-refractivity contribution in [2.24, 2.45) is 5.41 Å². The number of benzene rings is 3. The number of aromatic amines is 1. The third-order valence-electron chi connectivity index (χ3n) is 11.8. The van der Waals surface area contributed by atoms with Crippen molar-refractivity contribution in [2.75, 3.05) is 62.7 Å². The molecule has 4 heterocycles. The monoisotopic (exact) mass is 897 g/mol. The number of rotatable bonds is 13. The van der Waals surface area contributed by atoms with Crippen molar-refractivity contribution in [1.82, 2.24) is 19.6 Å². The Labute approximate surface area is 372 Å². The fourth-order valence-corrected chi connectivity index (χ4v) is 9.59. The molecule has 2 saturated heterocycles. The van der Waals surface area contributed by atoms with Crippen LogP contribution in [-0.2, 0) is 19.5 Å². The zero-order valence-corrected chi connectivity index (χ0v) is 37.4. The first kappa shape index (κ1) is 44.1. The molecular formula is C46H52ClN7O8S. The number of carbonyl (C=O) groups excluding carboxylic acids is 1. The van der Waals surface area contributed by atoms with Crippen molar-refractivity contribution in [3.05, 3.63) is 117 Å². The van der Waals surface area contributed by atoms with Gasteiger partial charge in [-0.3, -0.25) is 19.8 Å². The zero-order valence-electron chi connectivity index (χ0n) is 35.8. The largest absolute Gasteiger partial charge is 0.455 e. The van der Waals surface area contributed by atoms with E-state index in [2.05, 4.69) is 55.8 Å². The van der Waals surface area contributed by atoms with Gasteiger partial charge < -0.3 is 29.4 Å². The molecule has 0 radical (unpaired) electrons. The molecule has 2 aliphatic heterocycles. The second-order valence-electron chi connectivity index (χ2n) is 17.8. The number of amides is 1. The van der Waals surface area contributed by atoms with Gasteiger partial charge in [0, 0.05) is 73.7 Å². The fraction of sp³-hybridized carbons (Fsp3) is 0.391. The number of nitro benzene ring substituents is 1. The van der Waals surface area contributed by atoms with Gasteiger partial charge in [0.2, 0.25) is 0 Å². The topological polar surface area (TPSA) is 181 Å². The normalized spacial score (nSPS) is 19.2. The number of aromatic nitrogens is 2. The summed E-state index contributed by atoms with van der Waals surface area (Å²) < 4.78 is 47.4. The van der Waals surface area contributed by atoms with Gasteiger partial charge in [-0.2, -0.15) is 0 Å². The number of hydrogen-bond acceptors (Lipinski definition) is 12. The molecule has 1 aliphatic carbocycles. The summed E-state index contributed by atoms with van der Waals surface area (Å²) in [4.78, 5) is 37.1. The molecule has 17 heteroatoms.